The molecule has 691 valence electrons. The van der Waals surface area contributed by atoms with Crippen LogP contribution in [0.3, 0.4) is 0 Å². The average Bonchev–Trinajstić information content (AvgIpc) is 1.74. The number of aliphatic hydroxyl groups excluding tert-OH is 4. The first kappa shape index (κ1) is 102. The zero-order valence-corrected chi connectivity index (χ0v) is 79.9. The highest BCUT2D eigenvalue weighted by atomic mass is 79.9. The Balaban J connectivity index is 0.000000161. The standard InChI is InChI=1S/2C24H27N3O2S.C23H26N4O5S2.C17H20BrN3OS.C8H10BO2.C2H6O/c2*1-16-9-20(11-19(16)13-28)27-24-21(12-25-15-26-24)23(29)22-10-18(14-30-22)8-7-17-5-3-2-4-6-17;24-34(30,31)32-12-17-9-18(10-20(17)28)27-23-19(11-25-14-26-23)22(29)21-8-16(13-33-21)7-6-15-4-2-1-3-5-15;1-3-11-5-13(4-10(11)2)21-17-14(7-19-9-20-17)16(22)15-6-12(18)8-23-15;10-9-11-7-6-8-4-2-1-3-5-8;1-2-3/h2*2-6,10,12,14-16,19-20,28H,7-9,11,13H2,1H3,(H,25,26,27);1-5,8,11,13-14,17-18,20,28H,6-7,9-10,12H2,(H2,24,30,31)(H,25,26,27);6-11,13H,3-5H2,1-2H3,(H,19,20,21);1-5,10H,6-7H2;3H,2H2,1H3/t2*16-,19+,20-;17-,18-,20+;10-,11-,13-;;/m0010../s1. The average molecular weight is 1940 g/mol. The normalized spacial score (nSPS) is 20.0. The van der Waals surface area contributed by atoms with Crippen LogP contribution in [0.15, 0.2) is 222 Å². The molecule has 0 spiro atoms. The first-order chi connectivity index (χ1) is 63.5. The topological polar surface area (TPSA) is 399 Å². The van der Waals surface area contributed by atoms with Crippen LogP contribution in [0.1, 0.15) is 192 Å². The van der Waals surface area contributed by atoms with Gasteiger partial charge in [-0.25, -0.2) is 45.0 Å². The quantitative estimate of drug-likeness (QED) is 0.0100. The molecular weight excluding hydrogens is 1820 g/mol. The molecule has 4 aliphatic carbocycles. The molecule has 11 N–H and O–H groups in total. The molecule has 0 unspecified atom stereocenters. The Labute approximate surface area is 792 Å². The summed E-state index contributed by atoms with van der Waals surface area (Å²) in [6.45, 7) is 11.6. The van der Waals surface area contributed by atoms with E-state index in [-0.39, 0.29) is 67.7 Å². The van der Waals surface area contributed by atoms with Crippen LogP contribution in [-0.4, -0.2) is 168 Å². The van der Waals surface area contributed by atoms with Gasteiger partial charge < -0.3 is 51.4 Å². The molecule has 1 radical (unpaired) electrons. The lowest BCUT2D eigenvalue weighted by Gasteiger charge is -2.15. The van der Waals surface area contributed by atoms with Crippen molar-refractivity contribution in [2.45, 2.75) is 168 Å². The minimum Gasteiger partial charge on any atom is -0.429 e. The molecule has 26 nitrogen and oxygen atoms in total. The van der Waals surface area contributed by atoms with E-state index in [0.29, 0.717) is 120 Å². The molecule has 33 heteroatoms. The number of rotatable bonds is 35. The summed E-state index contributed by atoms with van der Waals surface area (Å²) in [5.41, 5.74) is 10.4. The van der Waals surface area contributed by atoms with Gasteiger partial charge in [0.15, 0.2) is 0 Å². The number of nitrogens with one attached hydrogen (secondary N) is 4. The lowest BCUT2D eigenvalue weighted by atomic mass is 9.96. The summed E-state index contributed by atoms with van der Waals surface area (Å²) in [6, 6.07) is 49.3. The van der Waals surface area contributed by atoms with Crippen LogP contribution >= 0.6 is 61.3 Å². The largest absolute Gasteiger partial charge is 0.485 e. The number of halogens is 1. The number of hydrogen-bond donors (Lipinski definition) is 10. The number of carbonyl (C=O) groups is 4. The van der Waals surface area contributed by atoms with Crippen molar-refractivity contribution in [1.82, 2.24) is 39.9 Å². The third-order valence-electron chi connectivity index (χ3n) is 23.9. The smallest absolute Gasteiger partial charge is 0.429 e. The predicted octanol–water partition coefficient (Wildman–Crippen LogP) is 16.6. The maximum absolute atomic E-state index is 13.2. The van der Waals surface area contributed by atoms with E-state index in [9.17, 15) is 42.9 Å². The van der Waals surface area contributed by atoms with Gasteiger partial charge >= 0.3 is 18.0 Å². The van der Waals surface area contributed by atoms with Gasteiger partial charge in [-0.2, -0.15) is 8.42 Å². The van der Waals surface area contributed by atoms with Crippen LogP contribution in [0.2, 0.25) is 0 Å². The van der Waals surface area contributed by atoms with Crippen molar-refractivity contribution in [3.63, 3.8) is 0 Å². The van der Waals surface area contributed by atoms with Crippen LogP contribution in [0.4, 0.5) is 23.3 Å². The number of ketones is 4. The van der Waals surface area contributed by atoms with Gasteiger partial charge in [-0.05, 0) is 234 Å². The molecule has 16 rings (SSSR count). The van der Waals surface area contributed by atoms with E-state index in [1.165, 1.54) is 117 Å². The van der Waals surface area contributed by atoms with Gasteiger partial charge in [0.25, 0.3) is 0 Å². The number of aromatic nitrogens is 8. The molecular formula is C98H116BBrN13O13S5. The molecule has 0 saturated heterocycles. The lowest BCUT2D eigenvalue weighted by molar-refractivity contribution is 0.100. The number of aliphatic hydroxyl groups is 4. The van der Waals surface area contributed by atoms with Gasteiger partial charge in [-0.1, -0.05) is 155 Å². The van der Waals surface area contributed by atoms with Crippen molar-refractivity contribution in [1.29, 1.82) is 0 Å². The van der Waals surface area contributed by atoms with Crippen LogP contribution in [-0.2, 0) is 64.1 Å². The summed E-state index contributed by atoms with van der Waals surface area (Å²) in [4.78, 5) is 88.5. The molecule has 0 aliphatic heterocycles. The van der Waals surface area contributed by atoms with E-state index in [1.54, 1.807) is 25.5 Å². The first-order valence-corrected chi connectivity index (χ1v) is 50.1. The van der Waals surface area contributed by atoms with Crippen LogP contribution < -0.4 is 26.4 Å². The number of aryl methyl sites for hydroxylation is 6. The molecule has 4 fully saturated rings. The number of hydrogen-bond acceptors (Lipinski definition) is 29. The molecule has 12 aromatic rings. The summed E-state index contributed by atoms with van der Waals surface area (Å²) < 4.78 is 32.3. The first-order valence-electron chi connectivity index (χ1n) is 44.3. The van der Waals surface area contributed by atoms with Crippen molar-refractivity contribution >= 4 is 126 Å². The van der Waals surface area contributed by atoms with Crippen LogP contribution in [0.25, 0.3) is 0 Å². The van der Waals surface area contributed by atoms with Gasteiger partial charge in [0.1, 0.15) is 48.6 Å². The van der Waals surface area contributed by atoms with E-state index in [2.05, 4.69) is 185 Å². The summed E-state index contributed by atoms with van der Waals surface area (Å²) in [5.74, 6) is 4.50. The maximum atomic E-state index is 13.2. The fourth-order valence-corrected chi connectivity index (χ4v) is 21.2. The van der Waals surface area contributed by atoms with Crippen molar-refractivity contribution in [2.75, 3.05) is 54.3 Å². The number of benzene rings is 4. The molecule has 8 aromatic heterocycles. The minimum absolute atomic E-state index is 0.0260. The van der Waals surface area contributed by atoms with Crippen molar-refractivity contribution in [3.05, 3.63) is 302 Å². The SMILES string of the molecule is CCO.CC[C@H]1C[C@@H](Nc2ncncc2C(=O)c2cc(Br)cs2)C[C@@H]1C.C[C@H]1C[C@H](Nc2ncncc2C(=O)c2cc(CCc3ccccc3)cs2)C[C@@H]1CO.C[C@H]1C[C@H](Nc2ncncc2C(=O)c2cc(CCc3ccccc3)cs2)C[C@@H]1CO.NS(=O)(=O)OC[C@H]1C[C@@H](Nc2ncncc2C(=O)c2cc(CCc3ccccc3)cs2)C[C@@H]1O.O[B]OCCc1ccccc1. The van der Waals surface area contributed by atoms with E-state index in [1.807, 2.05) is 95.7 Å². The van der Waals surface area contributed by atoms with E-state index >= 15 is 0 Å². The van der Waals surface area contributed by atoms with Gasteiger partial charge in [-0.3, -0.25) is 23.4 Å². The Kier molecular flexibility index (Phi) is 40.7. The Hall–Kier alpha value is -9.95. The predicted molar refractivity (Wildman–Crippen MR) is 523 cm³/mol. The summed E-state index contributed by atoms with van der Waals surface area (Å²) >= 11 is 9.17. The third kappa shape index (κ3) is 31.6. The van der Waals surface area contributed by atoms with Crippen LogP contribution in [0, 0.1) is 41.4 Å². The Bertz CT molecular complexity index is 5480. The molecule has 8 heterocycles. The van der Waals surface area contributed by atoms with Gasteiger partial charge in [0.2, 0.25) is 23.1 Å². The van der Waals surface area contributed by atoms with Gasteiger partial charge in [0.05, 0.1) is 54.5 Å². The molecule has 4 aliphatic rings. The number of carbonyl (C=O) groups excluding carboxylic acids is 4. The monoisotopic (exact) mass is 1930 g/mol. The molecule has 4 aromatic carbocycles. The number of nitrogens with zero attached hydrogens (tertiary/aromatic N) is 8. The zero-order valence-electron chi connectivity index (χ0n) is 74.2. The maximum Gasteiger partial charge on any atom is 0.485 e. The highest BCUT2D eigenvalue weighted by Crippen LogP contribution is 2.39. The molecule has 0 amide bonds. The summed E-state index contributed by atoms with van der Waals surface area (Å²) in [5, 5.41) is 71.6. The lowest BCUT2D eigenvalue weighted by Crippen LogP contribution is -2.24. The summed E-state index contributed by atoms with van der Waals surface area (Å²) in [6.07, 6.45) is 25.6. The number of thiophene rings is 4. The molecule has 0 bridgehead atoms. The second-order valence-corrected chi connectivity index (χ2v) is 39.2. The van der Waals surface area contributed by atoms with E-state index in [4.69, 9.17) is 15.3 Å². The Morgan fingerprint density at radius 1 is 0.435 bits per heavy atom. The second kappa shape index (κ2) is 52.5. The Morgan fingerprint density at radius 2 is 0.733 bits per heavy atom. The van der Waals surface area contributed by atoms with Crippen molar-refractivity contribution in [3.8, 4) is 0 Å². The second-order valence-electron chi connectivity index (χ2n) is 33.4. The van der Waals surface area contributed by atoms with Crippen molar-refractivity contribution in [2.24, 2.45) is 46.6 Å². The summed E-state index contributed by atoms with van der Waals surface area (Å²) in [7, 11) is -3.35. The third-order valence-corrected chi connectivity index (χ3v) is 29.0. The fraction of sp³-hybridized carbons (Fsp3) is 0.388. The molecule has 131 heavy (non-hydrogen) atoms. The molecule has 12 atom stereocenters. The van der Waals surface area contributed by atoms with E-state index < -0.39 is 22.3 Å². The number of anilines is 4. The zero-order chi connectivity index (χ0) is 93.0. The molecule has 4 saturated carbocycles. The highest BCUT2D eigenvalue weighted by molar-refractivity contribution is 9.10. The van der Waals surface area contributed by atoms with Gasteiger partial charge in [-0.15, -0.1) is 45.3 Å². The number of nitrogens with two attached hydrogens (primary N) is 1. The highest BCUT2D eigenvalue weighted by Gasteiger charge is 2.37. The van der Waals surface area contributed by atoms with E-state index in [0.717, 1.165) is 107 Å². The van der Waals surface area contributed by atoms with Gasteiger partial charge in [0, 0.05) is 91.2 Å². The Morgan fingerprint density at radius 3 is 1.03 bits per heavy atom. The van der Waals surface area contributed by atoms with Crippen LogP contribution in [0.5, 0.6) is 0 Å². The fourth-order valence-electron chi connectivity index (χ4n) is 16.8. The minimum atomic E-state index is -4.07. The van der Waals surface area contributed by atoms with Crippen molar-refractivity contribution < 1.29 is 61.9 Å².